The first-order valence-electron chi connectivity index (χ1n) is 14.1. The number of carbonyl (C=O) groups is 3. The van der Waals surface area contributed by atoms with Gasteiger partial charge in [-0.1, -0.05) is 6.07 Å². The Bertz CT molecular complexity index is 1800. The fourth-order valence-corrected chi connectivity index (χ4v) is 4.94. The summed E-state index contributed by atoms with van der Waals surface area (Å²) >= 11 is 5.37. The van der Waals surface area contributed by atoms with Crippen LogP contribution in [0.5, 0.6) is 5.75 Å². The predicted octanol–water partition coefficient (Wildman–Crippen LogP) is 5.40. The van der Waals surface area contributed by atoms with Crippen molar-refractivity contribution in [2.24, 2.45) is 0 Å². The number of aromatic carboxylic acids is 1. The smallest absolute Gasteiger partial charge is 0.408 e. The summed E-state index contributed by atoms with van der Waals surface area (Å²) in [6.07, 6.45) is 0.397. The van der Waals surface area contributed by atoms with Gasteiger partial charge >= 0.3 is 18.0 Å². The molecule has 4 rings (SSSR count). The van der Waals surface area contributed by atoms with E-state index >= 15 is 0 Å². The maximum absolute atomic E-state index is 12.4. The minimum Gasteiger partial charge on any atom is -0.508 e. The maximum atomic E-state index is 12.4. The van der Waals surface area contributed by atoms with Crippen LogP contribution in [0.3, 0.4) is 0 Å². The molecule has 1 amide bonds. The molecule has 0 aromatic heterocycles. The lowest BCUT2D eigenvalue weighted by Crippen LogP contribution is -2.43. The molecule has 236 valence electrons. The number of ether oxygens (including phenoxy) is 1. The number of thiocarbonyl (C=S) groups is 1. The van der Waals surface area contributed by atoms with Gasteiger partial charge < -0.3 is 40.4 Å². The average Bonchev–Trinajstić information content (AvgIpc) is 2.94. The largest absolute Gasteiger partial charge is 0.508 e. The van der Waals surface area contributed by atoms with Crippen LogP contribution in [0, 0.1) is 0 Å². The number of phenols is 1. The van der Waals surface area contributed by atoms with Crippen molar-refractivity contribution in [3.05, 3.63) is 70.4 Å². The summed E-state index contributed by atoms with van der Waals surface area (Å²) in [5.74, 6) is -2.16. The van der Waals surface area contributed by atoms with Gasteiger partial charge in [-0.15, -0.1) is 0 Å². The Hall–Kier alpha value is -5.17. The molecule has 0 saturated heterocycles. The fourth-order valence-electron chi connectivity index (χ4n) is 4.72. The highest BCUT2D eigenvalue weighted by Crippen LogP contribution is 2.42. The molecule has 0 bridgehead atoms. The van der Waals surface area contributed by atoms with Gasteiger partial charge in [0.05, 0.1) is 5.56 Å². The number of amides is 1. The summed E-state index contributed by atoms with van der Waals surface area (Å²) in [6, 6.07) is 12.4. The number of carboxylic acids is 2. The van der Waals surface area contributed by atoms with Crippen molar-refractivity contribution in [1.29, 1.82) is 0 Å². The Morgan fingerprint density at radius 1 is 0.978 bits per heavy atom. The van der Waals surface area contributed by atoms with E-state index in [1.54, 1.807) is 45.0 Å². The van der Waals surface area contributed by atoms with Crippen LogP contribution in [0.25, 0.3) is 33.4 Å². The van der Waals surface area contributed by atoms with Crippen LogP contribution in [-0.2, 0) is 9.53 Å². The minimum atomic E-state index is -1.19. The molecular weight excluding hydrogens is 602 g/mol. The van der Waals surface area contributed by atoms with Gasteiger partial charge in [-0.2, -0.15) is 0 Å². The molecule has 2 aromatic carbocycles. The molecule has 1 atom stereocenters. The molecule has 13 heteroatoms. The molecule has 6 N–H and O–H groups in total. The lowest BCUT2D eigenvalue weighted by atomic mass is 9.90. The molecule has 0 fully saturated rings. The first-order valence-corrected chi connectivity index (χ1v) is 14.5. The number of fused-ring (bicyclic) bond motifs is 2. The van der Waals surface area contributed by atoms with Gasteiger partial charge in [0.2, 0.25) is 0 Å². The SMILES string of the molecule is CC(C)(C)OC(=O)N[C@@H](CCCCNC(=S)Nc1ccc(-c2c3ccc(=O)cc-3oc3cc(O)ccc23)c(C(=O)O)c1)C(=O)O. The van der Waals surface area contributed by atoms with Gasteiger partial charge in [0, 0.05) is 40.9 Å². The molecular formula is C32H33N3O9S. The summed E-state index contributed by atoms with van der Waals surface area (Å²) < 4.78 is 11.0. The van der Waals surface area contributed by atoms with E-state index in [-0.39, 0.29) is 39.6 Å². The Labute approximate surface area is 263 Å². The van der Waals surface area contributed by atoms with Crippen molar-refractivity contribution < 1.29 is 38.9 Å². The van der Waals surface area contributed by atoms with Crippen LogP contribution in [-0.4, -0.2) is 56.7 Å². The van der Waals surface area contributed by atoms with E-state index in [4.69, 9.17) is 21.4 Å². The van der Waals surface area contributed by atoms with Crippen molar-refractivity contribution in [3.8, 4) is 28.2 Å². The maximum Gasteiger partial charge on any atom is 0.408 e. The third-order valence-corrected chi connectivity index (χ3v) is 6.89. The molecule has 0 spiro atoms. The molecule has 0 saturated carbocycles. The Balaban J connectivity index is 1.44. The number of carbonyl (C=O) groups excluding carboxylic acids is 1. The molecule has 1 heterocycles. The number of anilines is 1. The molecule has 45 heavy (non-hydrogen) atoms. The lowest BCUT2D eigenvalue weighted by molar-refractivity contribution is -0.139. The number of benzene rings is 3. The minimum absolute atomic E-state index is 0.0342. The van der Waals surface area contributed by atoms with Crippen molar-refractivity contribution in [1.82, 2.24) is 10.6 Å². The summed E-state index contributed by atoms with van der Waals surface area (Å²) in [5.41, 5.74) is 1.05. The van der Waals surface area contributed by atoms with E-state index in [0.717, 1.165) is 0 Å². The third-order valence-electron chi connectivity index (χ3n) is 6.65. The van der Waals surface area contributed by atoms with Crippen molar-refractivity contribution >= 4 is 52.0 Å². The number of nitrogens with one attached hydrogen (secondary N) is 3. The van der Waals surface area contributed by atoms with Gasteiger partial charge in [-0.25, -0.2) is 14.4 Å². The first-order chi connectivity index (χ1) is 21.2. The van der Waals surface area contributed by atoms with Crippen LogP contribution in [0.4, 0.5) is 10.5 Å². The normalized spacial score (nSPS) is 12.0. The van der Waals surface area contributed by atoms with E-state index < -0.39 is 29.7 Å². The highest BCUT2D eigenvalue weighted by Gasteiger charge is 2.24. The fraction of sp³-hybridized carbons (Fsp3) is 0.281. The second-order valence-corrected chi connectivity index (χ2v) is 11.7. The number of rotatable bonds is 10. The van der Waals surface area contributed by atoms with Crippen molar-refractivity contribution in [3.63, 3.8) is 0 Å². The molecule has 1 aliphatic heterocycles. The second-order valence-electron chi connectivity index (χ2n) is 11.3. The lowest BCUT2D eigenvalue weighted by Gasteiger charge is -2.22. The number of aromatic hydroxyl groups is 1. The summed E-state index contributed by atoms with van der Waals surface area (Å²) in [7, 11) is 0. The van der Waals surface area contributed by atoms with Crippen molar-refractivity contribution in [2.45, 2.75) is 51.7 Å². The van der Waals surface area contributed by atoms with Gasteiger partial charge in [-0.05, 0) is 94.2 Å². The molecule has 1 aliphatic carbocycles. The third kappa shape index (κ3) is 8.48. The van der Waals surface area contributed by atoms with E-state index in [1.807, 2.05) is 0 Å². The predicted molar refractivity (Wildman–Crippen MR) is 172 cm³/mol. The average molecular weight is 636 g/mol. The van der Waals surface area contributed by atoms with Gasteiger partial charge in [0.15, 0.2) is 10.5 Å². The first kappa shape index (κ1) is 32.7. The molecule has 2 aliphatic rings. The number of hydrogen-bond acceptors (Lipinski definition) is 8. The second kappa shape index (κ2) is 13.6. The standard InChI is InChI=1S/C32H33N3O9S/c1-32(2,3)44-31(42)35-24(29(40)41)6-4-5-13-33-30(45)34-17-7-10-20(23(14-17)28(38)39)27-21-11-8-18(36)15-25(21)43-26-16-19(37)9-12-22(26)27/h7-12,14-16,24,36H,4-6,13H2,1-3H3,(H,35,42)(H,38,39)(H,40,41)(H2,33,34,45)/t24-/m0/s1. The number of aliphatic carboxylic acids is 1. The molecule has 0 radical (unpaired) electrons. The summed E-state index contributed by atoms with van der Waals surface area (Å²) in [4.78, 5) is 47.9. The van der Waals surface area contributed by atoms with Crippen molar-refractivity contribution in [2.75, 3.05) is 11.9 Å². The van der Waals surface area contributed by atoms with Gasteiger partial charge in [0.1, 0.15) is 28.7 Å². The van der Waals surface area contributed by atoms with Gasteiger partial charge in [0.25, 0.3) is 0 Å². The van der Waals surface area contributed by atoms with E-state index in [2.05, 4.69) is 16.0 Å². The number of alkyl carbamates (subject to hydrolysis) is 1. The molecule has 0 unspecified atom stereocenters. The van der Waals surface area contributed by atoms with E-state index in [0.29, 0.717) is 47.2 Å². The Morgan fingerprint density at radius 2 is 1.71 bits per heavy atom. The highest BCUT2D eigenvalue weighted by molar-refractivity contribution is 7.80. The molecule has 12 nitrogen and oxygen atoms in total. The van der Waals surface area contributed by atoms with E-state index in [9.17, 15) is 34.5 Å². The Kier molecular flexibility index (Phi) is 9.92. The quantitative estimate of drug-likeness (QED) is 0.0741. The number of hydrogen-bond donors (Lipinski definition) is 6. The Morgan fingerprint density at radius 3 is 2.40 bits per heavy atom. The van der Waals surface area contributed by atoms with Gasteiger partial charge in [-0.3, -0.25) is 4.79 Å². The topological polar surface area (TPSA) is 187 Å². The summed E-state index contributed by atoms with van der Waals surface area (Å²) in [6.45, 7) is 5.45. The van der Waals surface area contributed by atoms with Crippen LogP contribution < -0.4 is 21.4 Å². The molecule has 2 aromatic rings. The zero-order chi connectivity index (χ0) is 32.9. The zero-order valence-corrected chi connectivity index (χ0v) is 25.6. The monoisotopic (exact) mass is 635 g/mol. The zero-order valence-electron chi connectivity index (χ0n) is 24.8. The van der Waals surface area contributed by atoms with Crippen LogP contribution >= 0.6 is 12.2 Å². The number of phenolic OH excluding ortho intramolecular Hbond substituents is 1. The number of carboxylic acid groups (broad SMARTS) is 2. The highest BCUT2D eigenvalue weighted by atomic mass is 32.1. The van der Waals surface area contributed by atoms with Crippen LogP contribution in [0.1, 0.15) is 50.4 Å². The van der Waals surface area contributed by atoms with Crippen LogP contribution in [0.2, 0.25) is 0 Å². The summed E-state index contributed by atoms with van der Waals surface area (Å²) in [5, 5.41) is 38.7. The van der Waals surface area contributed by atoms with Crippen LogP contribution in [0.15, 0.2) is 63.8 Å². The van der Waals surface area contributed by atoms with E-state index in [1.165, 1.54) is 30.3 Å². The number of unbranched alkanes of at least 4 members (excludes halogenated alkanes) is 1.